The summed E-state index contributed by atoms with van der Waals surface area (Å²) in [7, 11) is 0. The summed E-state index contributed by atoms with van der Waals surface area (Å²) in [4.78, 5) is 10.6. The van der Waals surface area contributed by atoms with E-state index in [9.17, 15) is 9.18 Å². The van der Waals surface area contributed by atoms with E-state index >= 15 is 0 Å². The molecule has 5 heteroatoms. The molecule has 0 atom stereocenters. The predicted octanol–water partition coefficient (Wildman–Crippen LogP) is 2.90. The van der Waals surface area contributed by atoms with Gasteiger partial charge in [-0.05, 0) is 29.3 Å². The van der Waals surface area contributed by atoms with Crippen LogP contribution in [-0.2, 0) is 17.8 Å². The van der Waals surface area contributed by atoms with Crippen molar-refractivity contribution in [1.82, 2.24) is 0 Å². The number of ether oxygens (including phenoxy) is 1. The minimum absolute atomic E-state index is 0.0363. The highest BCUT2D eigenvalue weighted by atomic mass is 19.1. The Bertz CT molecular complexity index is 690. The Hall–Kier alpha value is -2.87. The summed E-state index contributed by atoms with van der Waals surface area (Å²) in [6.45, 7) is 0.163. The lowest BCUT2D eigenvalue weighted by atomic mass is 10.1. The molecular weight excluding hydrogens is 273 g/mol. The molecule has 0 saturated heterocycles. The van der Waals surface area contributed by atoms with Gasteiger partial charge in [-0.1, -0.05) is 24.3 Å². The van der Waals surface area contributed by atoms with Crippen molar-refractivity contribution in [3.63, 3.8) is 0 Å². The molecule has 2 rings (SSSR count). The van der Waals surface area contributed by atoms with Crippen LogP contribution < -0.4 is 4.74 Å². The van der Waals surface area contributed by atoms with Crippen molar-refractivity contribution >= 4 is 5.97 Å². The van der Waals surface area contributed by atoms with E-state index in [1.807, 2.05) is 6.07 Å². The van der Waals surface area contributed by atoms with Crippen LogP contribution in [0.4, 0.5) is 4.39 Å². The summed E-state index contributed by atoms with van der Waals surface area (Å²) in [5, 5.41) is 17.3. The van der Waals surface area contributed by atoms with Gasteiger partial charge in [0, 0.05) is 0 Å². The van der Waals surface area contributed by atoms with E-state index in [0.29, 0.717) is 5.56 Å². The van der Waals surface area contributed by atoms with E-state index in [1.165, 1.54) is 12.1 Å². The molecule has 0 radical (unpaired) electrons. The van der Waals surface area contributed by atoms with Crippen LogP contribution in [0.15, 0.2) is 42.5 Å². The van der Waals surface area contributed by atoms with E-state index in [4.69, 9.17) is 15.1 Å². The zero-order valence-electron chi connectivity index (χ0n) is 11.0. The molecule has 2 aromatic rings. The molecular formula is C16H12FNO3. The van der Waals surface area contributed by atoms with Gasteiger partial charge in [-0.3, -0.25) is 4.79 Å². The fourth-order valence-electron chi connectivity index (χ4n) is 1.78. The number of rotatable bonds is 5. The second kappa shape index (κ2) is 6.53. The van der Waals surface area contributed by atoms with Crippen molar-refractivity contribution in [3.8, 4) is 11.8 Å². The number of hydrogen-bond donors (Lipinski definition) is 1. The Kier molecular flexibility index (Phi) is 4.52. The highest BCUT2D eigenvalue weighted by Crippen LogP contribution is 2.19. The van der Waals surface area contributed by atoms with E-state index < -0.39 is 11.8 Å². The summed E-state index contributed by atoms with van der Waals surface area (Å²) in [6.07, 6.45) is -0.0363. The van der Waals surface area contributed by atoms with Crippen LogP contribution in [0.2, 0.25) is 0 Å². The van der Waals surface area contributed by atoms with Crippen LogP contribution in [0.25, 0.3) is 0 Å². The zero-order chi connectivity index (χ0) is 15.2. The SMILES string of the molecule is N#Cc1ccc(OCc2ccc(CC(=O)O)cc2)c(F)c1. The van der Waals surface area contributed by atoms with Gasteiger partial charge in [-0.2, -0.15) is 5.26 Å². The number of hydrogen-bond acceptors (Lipinski definition) is 3. The lowest BCUT2D eigenvalue weighted by Crippen LogP contribution is -2.01. The molecule has 4 nitrogen and oxygen atoms in total. The second-order valence-electron chi connectivity index (χ2n) is 4.43. The second-order valence-corrected chi connectivity index (χ2v) is 4.43. The first-order valence-corrected chi connectivity index (χ1v) is 6.20. The van der Waals surface area contributed by atoms with Crippen LogP contribution in [0.5, 0.6) is 5.75 Å². The molecule has 0 aromatic heterocycles. The quantitative estimate of drug-likeness (QED) is 0.917. The topological polar surface area (TPSA) is 70.3 Å². The van der Waals surface area contributed by atoms with E-state index in [1.54, 1.807) is 24.3 Å². The molecule has 0 heterocycles. The number of benzene rings is 2. The van der Waals surface area contributed by atoms with Crippen molar-refractivity contribution < 1.29 is 19.0 Å². The van der Waals surface area contributed by atoms with Crippen molar-refractivity contribution in [3.05, 3.63) is 65.0 Å². The van der Waals surface area contributed by atoms with Gasteiger partial charge in [-0.15, -0.1) is 0 Å². The van der Waals surface area contributed by atoms with Crippen LogP contribution in [0.1, 0.15) is 16.7 Å². The fourth-order valence-corrected chi connectivity index (χ4v) is 1.78. The van der Waals surface area contributed by atoms with Crippen LogP contribution >= 0.6 is 0 Å². The number of carboxylic acid groups (broad SMARTS) is 1. The van der Waals surface area contributed by atoms with Crippen molar-refractivity contribution in [2.45, 2.75) is 13.0 Å². The Morgan fingerprint density at radius 1 is 1.19 bits per heavy atom. The molecule has 2 aromatic carbocycles. The monoisotopic (exact) mass is 285 g/mol. The number of halogens is 1. The smallest absolute Gasteiger partial charge is 0.307 e. The molecule has 0 spiro atoms. The molecule has 0 aliphatic heterocycles. The van der Waals surface area contributed by atoms with Gasteiger partial charge in [0.2, 0.25) is 0 Å². The molecule has 0 aliphatic rings. The van der Waals surface area contributed by atoms with Gasteiger partial charge in [0.05, 0.1) is 18.1 Å². The number of carboxylic acids is 1. The molecule has 0 fully saturated rings. The Morgan fingerprint density at radius 3 is 2.43 bits per heavy atom. The summed E-state index contributed by atoms with van der Waals surface area (Å²) in [6, 6.07) is 12.7. The lowest BCUT2D eigenvalue weighted by molar-refractivity contribution is -0.136. The van der Waals surface area contributed by atoms with Gasteiger partial charge >= 0.3 is 5.97 Å². The number of nitriles is 1. The first-order chi connectivity index (χ1) is 10.1. The Morgan fingerprint density at radius 2 is 1.86 bits per heavy atom. The largest absolute Gasteiger partial charge is 0.486 e. The summed E-state index contributed by atoms with van der Waals surface area (Å²) in [5.41, 5.74) is 1.72. The first kappa shape index (κ1) is 14.5. The molecule has 0 aliphatic carbocycles. The molecule has 0 bridgehead atoms. The maximum Gasteiger partial charge on any atom is 0.307 e. The molecule has 1 N–H and O–H groups in total. The molecule has 21 heavy (non-hydrogen) atoms. The molecule has 106 valence electrons. The standard InChI is InChI=1S/C16H12FNO3/c17-14-7-13(9-18)5-6-15(14)21-10-12-3-1-11(2-4-12)8-16(19)20/h1-7H,8,10H2,(H,19,20). The third kappa shape index (κ3) is 4.05. The Labute approximate surface area is 121 Å². The van der Waals surface area contributed by atoms with Gasteiger partial charge in [0.1, 0.15) is 6.61 Å². The van der Waals surface area contributed by atoms with Gasteiger partial charge in [-0.25, -0.2) is 4.39 Å². The molecule has 0 amide bonds. The number of carbonyl (C=O) groups is 1. The third-order valence-corrected chi connectivity index (χ3v) is 2.83. The highest BCUT2D eigenvalue weighted by Gasteiger charge is 2.05. The van der Waals surface area contributed by atoms with Gasteiger partial charge < -0.3 is 9.84 Å². The van der Waals surface area contributed by atoms with Crippen molar-refractivity contribution in [2.75, 3.05) is 0 Å². The lowest BCUT2D eigenvalue weighted by Gasteiger charge is -2.08. The minimum atomic E-state index is -0.890. The van der Waals surface area contributed by atoms with Crippen molar-refractivity contribution in [2.24, 2.45) is 0 Å². The van der Waals surface area contributed by atoms with Crippen molar-refractivity contribution in [1.29, 1.82) is 5.26 Å². The third-order valence-electron chi connectivity index (χ3n) is 2.83. The first-order valence-electron chi connectivity index (χ1n) is 6.20. The van der Waals surface area contributed by atoms with Crippen LogP contribution in [-0.4, -0.2) is 11.1 Å². The molecule has 0 unspecified atom stereocenters. The zero-order valence-corrected chi connectivity index (χ0v) is 11.0. The summed E-state index contributed by atoms with van der Waals surface area (Å²) >= 11 is 0. The van der Waals surface area contributed by atoms with Gasteiger partial charge in [0.15, 0.2) is 11.6 Å². The predicted molar refractivity (Wildman–Crippen MR) is 73.2 cm³/mol. The summed E-state index contributed by atoms with van der Waals surface area (Å²) in [5.74, 6) is -1.40. The maximum atomic E-state index is 13.6. The van der Waals surface area contributed by atoms with E-state index in [2.05, 4.69) is 0 Å². The number of aliphatic carboxylic acids is 1. The Balaban J connectivity index is 2.00. The average Bonchev–Trinajstić information content (AvgIpc) is 2.47. The molecule has 0 saturated carbocycles. The number of nitrogens with zero attached hydrogens (tertiary/aromatic N) is 1. The minimum Gasteiger partial charge on any atom is -0.486 e. The van der Waals surface area contributed by atoms with Gasteiger partial charge in [0.25, 0.3) is 0 Å². The fraction of sp³-hybridized carbons (Fsp3) is 0.125. The average molecular weight is 285 g/mol. The normalized spacial score (nSPS) is 9.90. The van der Waals surface area contributed by atoms with Crippen LogP contribution in [0, 0.1) is 17.1 Å². The van der Waals surface area contributed by atoms with E-state index in [0.717, 1.165) is 11.6 Å². The highest BCUT2D eigenvalue weighted by molar-refractivity contribution is 5.70. The summed E-state index contributed by atoms with van der Waals surface area (Å²) < 4.78 is 18.9. The van der Waals surface area contributed by atoms with Crippen LogP contribution in [0.3, 0.4) is 0 Å². The maximum absolute atomic E-state index is 13.6. The van der Waals surface area contributed by atoms with E-state index in [-0.39, 0.29) is 24.3 Å².